The first-order valence-electron chi connectivity index (χ1n) is 6.73. The number of para-hydroxylation sites is 1. The molecule has 0 saturated carbocycles. The molecule has 0 saturated heterocycles. The minimum atomic E-state index is -0.247. The molecule has 4 heteroatoms. The second kappa shape index (κ2) is 6.27. The average Bonchev–Trinajstić information content (AvgIpc) is 2.40. The standard InChI is InChI=1S/C16H19NO2S/c1-5-19-16(18)12(4)20-14-9-11(3)13-8-6-7-10(2)15(13)17-14/h6-9,12H,5H2,1-4H3/t12-/m0/s1. The molecule has 1 atom stereocenters. The zero-order valence-corrected chi connectivity index (χ0v) is 13.1. The SMILES string of the molecule is CCOC(=O)[C@H](C)Sc1cc(C)c2cccc(C)c2n1. The maximum atomic E-state index is 11.7. The largest absolute Gasteiger partial charge is 0.465 e. The molecule has 0 radical (unpaired) electrons. The number of carbonyl (C=O) groups excluding carboxylic acids is 1. The van der Waals surface area contributed by atoms with Crippen molar-refractivity contribution in [3.05, 3.63) is 35.4 Å². The molecule has 0 aliphatic rings. The summed E-state index contributed by atoms with van der Waals surface area (Å²) in [5.41, 5.74) is 3.33. The van der Waals surface area contributed by atoms with Gasteiger partial charge in [0.15, 0.2) is 0 Å². The van der Waals surface area contributed by atoms with Gasteiger partial charge in [-0.05, 0) is 44.9 Å². The highest BCUT2D eigenvalue weighted by Crippen LogP contribution is 2.28. The molecule has 106 valence electrons. The van der Waals surface area contributed by atoms with E-state index in [2.05, 4.69) is 31.0 Å². The molecule has 0 aliphatic carbocycles. The van der Waals surface area contributed by atoms with E-state index in [9.17, 15) is 4.79 Å². The number of carbonyl (C=O) groups is 1. The number of aromatic nitrogens is 1. The van der Waals surface area contributed by atoms with E-state index in [1.807, 2.05) is 26.0 Å². The van der Waals surface area contributed by atoms with Crippen molar-refractivity contribution in [2.75, 3.05) is 6.61 Å². The molecule has 0 spiro atoms. The van der Waals surface area contributed by atoms with Gasteiger partial charge >= 0.3 is 5.97 Å². The van der Waals surface area contributed by atoms with Crippen LogP contribution in [0.3, 0.4) is 0 Å². The van der Waals surface area contributed by atoms with E-state index in [1.165, 1.54) is 17.3 Å². The van der Waals surface area contributed by atoms with Gasteiger partial charge in [-0.1, -0.05) is 30.0 Å². The molecule has 1 aromatic heterocycles. The van der Waals surface area contributed by atoms with Crippen molar-refractivity contribution in [3.63, 3.8) is 0 Å². The molecule has 0 amide bonds. The molecule has 0 unspecified atom stereocenters. The summed E-state index contributed by atoms with van der Waals surface area (Å²) in [6.45, 7) is 8.20. The maximum absolute atomic E-state index is 11.7. The summed E-state index contributed by atoms with van der Waals surface area (Å²) in [4.78, 5) is 16.4. The Kier molecular flexibility index (Phi) is 4.65. The van der Waals surface area contributed by atoms with Crippen molar-refractivity contribution in [2.24, 2.45) is 0 Å². The van der Waals surface area contributed by atoms with Crippen LogP contribution in [0.15, 0.2) is 29.3 Å². The first-order valence-corrected chi connectivity index (χ1v) is 7.61. The van der Waals surface area contributed by atoms with Crippen LogP contribution < -0.4 is 0 Å². The predicted molar refractivity (Wildman–Crippen MR) is 83.2 cm³/mol. The fourth-order valence-corrected chi connectivity index (χ4v) is 3.00. The van der Waals surface area contributed by atoms with Gasteiger partial charge in [-0.3, -0.25) is 4.79 Å². The molecule has 0 bridgehead atoms. The van der Waals surface area contributed by atoms with E-state index >= 15 is 0 Å². The fraction of sp³-hybridized carbons (Fsp3) is 0.375. The van der Waals surface area contributed by atoms with E-state index in [0.717, 1.165) is 21.5 Å². The zero-order chi connectivity index (χ0) is 14.7. The lowest BCUT2D eigenvalue weighted by molar-refractivity contribution is -0.142. The van der Waals surface area contributed by atoms with Crippen LogP contribution in [0.2, 0.25) is 0 Å². The number of rotatable bonds is 4. The normalized spacial score (nSPS) is 12.4. The van der Waals surface area contributed by atoms with Crippen LogP contribution in [0.4, 0.5) is 0 Å². The number of pyridine rings is 1. The Bertz CT molecular complexity index is 640. The van der Waals surface area contributed by atoms with Crippen molar-refractivity contribution in [3.8, 4) is 0 Å². The number of esters is 1. The van der Waals surface area contributed by atoms with Crippen molar-refractivity contribution in [1.82, 2.24) is 4.98 Å². The molecule has 1 heterocycles. The molecule has 2 rings (SSSR count). The van der Waals surface area contributed by atoms with Gasteiger partial charge < -0.3 is 4.74 Å². The summed E-state index contributed by atoms with van der Waals surface area (Å²) in [5, 5.41) is 1.78. The first-order chi connectivity index (χ1) is 9.52. The number of thioether (sulfide) groups is 1. The topological polar surface area (TPSA) is 39.2 Å². The Morgan fingerprint density at radius 1 is 1.35 bits per heavy atom. The molecule has 0 aliphatic heterocycles. The third-order valence-corrected chi connectivity index (χ3v) is 4.14. The highest BCUT2D eigenvalue weighted by Gasteiger charge is 2.17. The van der Waals surface area contributed by atoms with Crippen molar-refractivity contribution in [2.45, 2.75) is 38.0 Å². The molecule has 1 aromatic carbocycles. The van der Waals surface area contributed by atoms with E-state index in [0.29, 0.717) is 6.61 Å². The summed E-state index contributed by atoms with van der Waals surface area (Å²) < 4.78 is 5.03. The van der Waals surface area contributed by atoms with Gasteiger partial charge in [0, 0.05) is 5.39 Å². The monoisotopic (exact) mass is 289 g/mol. The number of fused-ring (bicyclic) bond motifs is 1. The van der Waals surface area contributed by atoms with Crippen LogP contribution in [0.25, 0.3) is 10.9 Å². The van der Waals surface area contributed by atoms with E-state index in [4.69, 9.17) is 4.74 Å². The maximum Gasteiger partial charge on any atom is 0.319 e. The molecule has 0 fully saturated rings. The minimum Gasteiger partial charge on any atom is -0.465 e. The molecular formula is C16H19NO2S. The van der Waals surface area contributed by atoms with Crippen LogP contribution in [0, 0.1) is 13.8 Å². The highest BCUT2D eigenvalue weighted by atomic mass is 32.2. The summed E-state index contributed by atoms with van der Waals surface area (Å²) in [5.74, 6) is -0.193. The zero-order valence-electron chi connectivity index (χ0n) is 12.3. The van der Waals surface area contributed by atoms with Crippen LogP contribution in [0.1, 0.15) is 25.0 Å². The van der Waals surface area contributed by atoms with Crippen LogP contribution in [-0.4, -0.2) is 22.8 Å². The van der Waals surface area contributed by atoms with Crippen molar-refractivity contribution >= 4 is 28.6 Å². The summed E-state index contributed by atoms with van der Waals surface area (Å²) in [6, 6.07) is 8.20. The summed E-state index contributed by atoms with van der Waals surface area (Å²) in [7, 11) is 0. The number of benzene rings is 1. The van der Waals surface area contributed by atoms with Crippen LogP contribution in [0.5, 0.6) is 0 Å². The molecule has 2 aromatic rings. The second-order valence-electron chi connectivity index (χ2n) is 4.76. The van der Waals surface area contributed by atoms with Crippen LogP contribution >= 0.6 is 11.8 Å². The van der Waals surface area contributed by atoms with Gasteiger partial charge in [0.05, 0.1) is 17.1 Å². The van der Waals surface area contributed by atoms with E-state index in [-0.39, 0.29) is 11.2 Å². The van der Waals surface area contributed by atoms with Crippen molar-refractivity contribution < 1.29 is 9.53 Å². The lowest BCUT2D eigenvalue weighted by Gasteiger charge is -2.12. The summed E-state index contributed by atoms with van der Waals surface area (Å²) in [6.07, 6.45) is 0. The Labute approximate surface area is 123 Å². The van der Waals surface area contributed by atoms with Gasteiger partial charge in [-0.15, -0.1) is 0 Å². The quantitative estimate of drug-likeness (QED) is 0.632. The highest BCUT2D eigenvalue weighted by molar-refractivity contribution is 8.00. The fourth-order valence-electron chi connectivity index (χ4n) is 2.08. The molecule has 0 N–H and O–H groups in total. The number of hydrogen-bond donors (Lipinski definition) is 0. The Morgan fingerprint density at radius 2 is 2.10 bits per heavy atom. The predicted octanol–water partition coefficient (Wildman–Crippen LogP) is 3.90. The first kappa shape index (κ1) is 14.9. The molecule has 20 heavy (non-hydrogen) atoms. The van der Waals surface area contributed by atoms with Crippen molar-refractivity contribution in [1.29, 1.82) is 0 Å². The lowest BCUT2D eigenvalue weighted by Crippen LogP contribution is -2.16. The third-order valence-electron chi connectivity index (χ3n) is 3.14. The van der Waals surface area contributed by atoms with Gasteiger partial charge in [0.25, 0.3) is 0 Å². The number of aryl methyl sites for hydroxylation is 2. The van der Waals surface area contributed by atoms with E-state index in [1.54, 1.807) is 0 Å². The molecular weight excluding hydrogens is 270 g/mol. The molecule has 3 nitrogen and oxygen atoms in total. The van der Waals surface area contributed by atoms with Crippen LogP contribution in [-0.2, 0) is 9.53 Å². The van der Waals surface area contributed by atoms with Gasteiger partial charge in [0.2, 0.25) is 0 Å². The van der Waals surface area contributed by atoms with E-state index < -0.39 is 0 Å². The summed E-state index contributed by atoms with van der Waals surface area (Å²) >= 11 is 1.44. The van der Waals surface area contributed by atoms with Gasteiger partial charge in [-0.25, -0.2) is 4.98 Å². The Balaban J connectivity index is 2.32. The van der Waals surface area contributed by atoms with Gasteiger partial charge in [-0.2, -0.15) is 0 Å². The number of hydrogen-bond acceptors (Lipinski definition) is 4. The van der Waals surface area contributed by atoms with Gasteiger partial charge in [0.1, 0.15) is 5.25 Å². The Morgan fingerprint density at radius 3 is 2.80 bits per heavy atom. The number of nitrogens with zero attached hydrogens (tertiary/aromatic N) is 1. The average molecular weight is 289 g/mol. The Hall–Kier alpha value is -1.55. The lowest BCUT2D eigenvalue weighted by atomic mass is 10.1. The second-order valence-corrected chi connectivity index (χ2v) is 6.12. The smallest absolute Gasteiger partial charge is 0.319 e. The number of ether oxygens (including phenoxy) is 1. The minimum absolute atomic E-state index is 0.193. The third kappa shape index (κ3) is 3.12.